The molecule has 34 heavy (non-hydrogen) atoms. The summed E-state index contributed by atoms with van der Waals surface area (Å²) in [5.74, 6) is 1.78. The summed E-state index contributed by atoms with van der Waals surface area (Å²) in [6, 6.07) is 9.64. The fourth-order valence-electron chi connectivity index (χ4n) is 4.67. The molecular weight excluding hydrogens is 430 g/mol. The van der Waals surface area contributed by atoms with E-state index in [0.717, 1.165) is 43.6 Å². The summed E-state index contributed by atoms with van der Waals surface area (Å²) in [6.07, 6.45) is 6.75. The van der Waals surface area contributed by atoms with Crippen LogP contribution < -0.4 is 14.4 Å². The number of anilines is 2. The number of ether oxygens (including phenoxy) is 2. The molecule has 1 aliphatic heterocycles. The Labute approximate surface area is 199 Å². The molecule has 0 radical (unpaired) electrons. The summed E-state index contributed by atoms with van der Waals surface area (Å²) < 4.78 is 10.6. The van der Waals surface area contributed by atoms with E-state index < -0.39 is 0 Å². The Morgan fingerprint density at radius 2 is 1.88 bits per heavy atom. The number of aromatic nitrogens is 3. The molecule has 5 rings (SSSR count). The lowest BCUT2D eigenvalue weighted by atomic mass is 9.97. The Hall–Kier alpha value is -3.68. The van der Waals surface area contributed by atoms with Crippen LogP contribution >= 0.6 is 0 Å². The number of nitrogens with zero attached hydrogens (tertiary/aromatic N) is 5. The molecule has 1 aromatic carbocycles. The van der Waals surface area contributed by atoms with Gasteiger partial charge in [0, 0.05) is 66.9 Å². The number of hydrogen-bond acceptors (Lipinski definition) is 7. The van der Waals surface area contributed by atoms with Gasteiger partial charge in [0.25, 0.3) is 5.91 Å². The fourth-order valence-corrected chi connectivity index (χ4v) is 4.67. The predicted molar refractivity (Wildman–Crippen MR) is 130 cm³/mol. The van der Waals surface area contributed by atoms with E-state index in [1.807, 2.05) is 25.2 Å². The van der Waals surface area contributed by atoms with Crippen molar-refractivity contribution in [3.05, 3.63) is 53.9 Å². The molecule has 0 bridgehead atoms. The van der Waals surface area contributed by atoms with Crippen molar-refractivity contribution >= 4 is 17.5 Å². The number of methoxy groups -OCH3 is 2. The van der Waals surface area contributed by atoms with Gasteiger partial charge in [0.05, 0.1) is 19.9 Å². The van der Waals surface area contributed by atoms with Crippen molar-refractivity contribution in [2.45, 2.75) is 31.6 Å². The van der Waals surface area contributed by atoms with Gasteiger partial charge in [-0.15, -0.1) is 0 Å². The van der Waals surface area contributed by atoms with E-state index in [0.29, 0.717) is 28.8 Å². The minimum absolute atomic E-state index is 0.0376. The fraction of sp³-hybridized carbons (Fsp3) is 0.385. The molecule has 1 aliphatic carbocycles. The molecule has 1 saturated carbocycles. The first-order valence-electron chi connectivity index (χ1n) is 11.6. The lowest BCUT2D eigenvalue weighted by Crippen LogP contribution is -2.27. The minimum Gasteiger partial charge on any atom is -0.496 e. The third kappa shape index (κ3) is 3.83. The number of benzene rings is 1. The number of rotatable bonds is 7. The Morgan fingerprint density at radius 1 is 1.12 bits per heavy atom. The molecule has 8 nitrogen and oxygen atoms in total. The normalized spacial score (nSPS) is 15.2. The number of carbonyl (C=O) groups is 1. The van der Waals surface area contributed by atoms with Gasteiger partial charge in [0.1, 0.15) is 5.75 Å². The van der Waals surface area contributed by atoms with Crippen molar-refractivity contribution in [3.8, 4) is 22.9 Å². The highest BCUT2D eigenvalue weighted by atomic mass is 16.5. The van der Waals surface area contributed by atoms with Gasteiger partial charge in [0.2, 0.25) is 11.8 Å². The molecular formula is C26H29N5O3. The van der Waals surface area contributed by atoms with Crippen LogP contribution in [0.5, 0.6) is 11.6 Å². The number of pyridine rings is 1. The Balaban J connectivity index is 1.47. The van der Waals surface area contributed by atoms with Gasteiger partial charge >= 0.3 is 0 Å². The van der Waals surface area contributed by atoms with Crippen LogP contribution in [0.15, 0.2) is 42.7 Å². The lowest BCUT2D eigenvalue weighted by Gasteiger charge is -2.20. The minimum atomic E-state index is 0.0376. The van der Waals surface area contributed by atoms with E-state index in [1.165, 1.54) is 5.56 Å². The van der Waals surface area contributed by atoms with Gasteiger partial charge in [-0.3, -0.25) is 4.79 Å². The number of amides is 1. The summed E-state index contributed by atoms with van der Waals surface area (Å²) >= 11 is 0. The summed E-state index contributed by atoms with van der Waals surface area (Å²) in [6.45, 7) is 3.63. The van der Waals surface area contributed by atoms with E-state index >= 15 is 0 Å². The molecule has 2 aliphatic rings. The zero-order chi connectivity index (χ0) is 23.9. The second kappa shape index (κ2) is 8.59. The van der Waals surface area contributed by atoms with Crippen LogP contribution in [0.3, 0.4) is 0 Å². The predicted octanol–water partition coefficient (Wildman–Crippen LogP) is 4.22. The zero-order valence-corrected chi connectivity index (χ0v) is 20.0. The second-order valence-electron chi connectivity index (χ2n) is 9.03. The molecule has 1 fully saturated rings. The summed E-state index contributed by atoms with van der Waals surface area (Å²) in [4.78, 5) is 30.7. The van der Waals surface area contributed by atoms with Crippen LogP contribution in [0, 0.1) is 0 Å². The van der Waals surface area contributed by atoms with Crippen molar-refractivity contribution in [2.24, 2.45) is 0 Å². The largest absolute Gasteiger partial charge is 0.496 e. The van der Waals surface area contributed by atoms with Crippen LogP contribution in [0.4, 0.5) is 11.6 Å². The molecule has 8 heteroatoms. The molecule has 3 aromatic rings. The zero-order valence-electron chi connectivity index (χ0n) is 20.0. The van der Waals surface area contributed by atoms with E-state index in [4.69, 9.17) is 9.47 Å². The maximum absolute atomic E-state index is 12.9. The average molecular weight is 460 g/mol. The van der Waals surface area contributed by atoms with E-state index in [1.54, 1.807) is 37.6 Å². The molecule has 0 atom stereocenters. The Morgan fingerprint density at radius 3 is 2.53 bits per heavy atom. The standard InChI is InChI=1S/C26H29N5O3/c1-5-10-30(2)24(32)17-6-7-20-22(11-17)31(16-26(20)8-9-26)25-27-14-18(15-28-25)21-12-19(33-3)13-23(29-21)34-4/h6-7,11-15H,5,8-10,16H2,1-4H3. The molecule has 0 N–H and O–H groups in total. The second-order valence-corrected chi connectivity index (χ2v) is 9.03. The molecule has 3 heterocycles. The third-order valence-electron chi connectivity index (χ3n) is 6.72. The highest BCUT2D eigenvalue weighted by Crippen LogP contribution is 2.57. The maximum atomic E-state index is 12.9. The lowest BCUT2D eigenvalue weighted by molar-refractivity contribution is 0.0795. The van der Waals surface area contributed by atoms with Crippen molar-refractivity contribution < 1.29 is 14.3 Å². The first-order chi connectivity index (χ1) is 16.5. The molecule has 1 amide bonds. The summed E-state index contributed by atoms with van der Waals surface area (Å²) in [5, 5.41) is 0. The van der Waals surface area contributed by atoms with Crippen molar-refractivity contribution in [2.75, 3.05) is 39.3 Å². The molecule has 0 saturated heterocycles. The highest BCUT2D eigenvalue weighted by molar-refractivity contribution is 5.96. The van der Waals surface area contributed by atoms with Gasteiger partial charge < -0.3 is 19.3 Å². The van der Waals surface area contributed by atoms with E-state index in [-0.39, 0.29) is 11.3 Å². The maximum Gasteiger partial charge on any atom is 0.253 e. The van der Waals surface area contributed by atoms with Crippen molar-refractivity contribution in [3.63, 3.8) is 0 Å². The number of hydrogen-bond donors (Lipinski definition) is 0. The summed E-state index contributed by atoms with van der Waals surface area (Å²) in [5.41, 5.74) is 4.61. The summed E-state index contributed by atoms with van der Waals surface area (Å²) in [7, 11) is 5.03. The van der Waals surface area contributed by atoms with Crippen LogP contribution in [0.25, 0.3) is 11.3 Å². The van der Waals surface area contributed by atoms with Crippen molar-refractivity contribution in [1.29, 1.82) is 0 Å². The smallest absolute Gasteiger partial charge is 0.253 e. The molecule has 2 aromatic heterocycles. The monoisotopic (exact) mass is 459 g/mol. The average Bonchev–Trinajstić information content (AvgIpc) is 3.59. The SMILES string of the molecule is CCCN(C)C(=O)c1ccc2c(c1)N(c1ncc(-c3cc(OC)cc(OC)n3)cn1)CC21CC1. The third-order valence-corrected chi connectivity index (χ3v) is 6.72. The topological polar surface area (TPSA) is 80.7 Å². The van der Waals surface area contributed by atoms with Crippen molar-refractivity contribution in [1.82, 2.24) is 19.9 Å². The number of fused-ring (bicyclic) bond motifs is 2. The quantitative estimate of drug-likeness (QED) is 0.523. The van der Waals surface area contributed by atoms with Crippen LogP contribution in [0.1, 0.15) is 42.1 Å². The van der Waals surface area contributed by atoms with Gasteiger partial charge in [-0.25, -0.2) is 15.0 Å². The molecule has 176 valence electrons. The first kappa shape index (κ1) is 22.1. The van der Waals surface area contributed by atoms with Gasteiger partial charge in [-0.1, -0.05) is 13.0 Å². The highest BCUT2D eigenvalue weighted by Gasteiger charge is 2.52. The molecule has 1 spiro atoms. The number of carbonyl (C=O) groups excluding carboxylic acids is 1. The van der Waals surface area contributed by atoms with Gasteiger partial charge in [-0.05, 0) is 37.0 Å². The first-order valence-corrected chi connectivity index (χ1v) is 11.6. The van der Waals surface area contributed by atoms with Gasteiger partial charge in [-0.2, -0.15) is 0 Å². The van der Waals surface area contributed by atoms with E-state index in [9.17, 15) is 4.79 Å². The van der Waals surface area contributed by atoms with E-state index in [2.05, 4.69) is 32.8 Å². The van der Waals surface area contributed by atoms with Crippen LogP contribution in [-0.2, 0) is 5.41 Å². The Bertz CT molecular complexity index is 1200. The Kier molecular flexibility index (Phi) is 5.59. The van der Waals surface area contributed by atoms with Crippen LogP contribution in [0.2, 0.25) is 0 Å². The van der Waals surface area contributed by atoms with Gasteiger partial charge in [0.15, 0.2) is 0 Å². The van der Waals surface area contributed by atoms with Crippen LogP contribution in [-0.4, -0.2) is 60.1 Å². The molecule has 0 unspecified atom stereocenters.